The maximum Gasteiger partial charge on any atom is 0.211 e. The van der Waals surface area contributed by atoms with Crippen molar-refractivity contribution in [1.29, 1.82) is 0 Å². The van der Waals surface area contributed by atoms with Gasteiger partial charge in [0, 0.05) is 42.7 Å². The lowest BCUT2D eigenvalue weighted by Gasteiger charge is -2.20. The van der Waals surface area contributed by atoms with Crippen molar-refractivity contribution in [3.8, 4) is 11.3 Å². The van der Waals surface area contributed by atoms with Gasteiger partial charge in [0.1, 0.15) is 12.0 Å². The van der Waals surface area contributed by atoms with Gasteiger partial charge in [-0.05, 0) is 49.0 Å². The molecular formula is C26H27N6O2S+. The van der Waals surface area contributed by atoms with Crippen LogP contribution in [0.1, 0.15) is 31.2 Å². The van der Waals surface area contributed by atoms with E-state index >= 15 is 0 Å². The lowest BCUT2D eigenvalue weighted by Crippen LogP contribution is -2.20. The molecule has 0 amide bonds. The van der Waals surface area contributed by atoms with E-state index in [4.69, 9.17) is 15.1 Å². The van der Waals surface area contributed by atoms with Crippen molar-refractivity contribution in [3.05, 3.63) is 42.2 Å². The van der Waals surface area contributed by atoms with Crippen molar-refractivity contribution < 1.29 is 14.2 Å². The van der Waals surface area contributed by atoms with Gasteiger partial charge in [0.2, 0.25) is 6.20 Å². The molecule has 3 N–H and O–H groups in total. The average molecular weight is 488 g/mol. The van der Waals surface area contributed by atoms with E-state index in [1.54, 1.807) is 17.5 Å². The maximum absolute atomic E-state index is 9.77. The first-order valence-electron chi connectivity index (χ1n) is 11.8. The number of nitrogens with zero attached hydrogens (tertiary/aromatic N) is 5. The molecule has 1 fully saturated rings. The van der Waals surface area contributed by atoms with Crippen LogP contribution >= 0.6 is 11.3 Å². The molecule has 35 heavy (non-hydrogen) atoms. The van der Waals surface area contributed by atoms with E-state index in [1.807, 2.05) is 54.3 Å². The zero-order chi connectivity index (χ0) is 24.1. The minimum Gasteiger partial charge on any atom is -0.452 e. The molecule has 3 aromatic heterocycles. The molecule has 8 nitrogen and oxygen atoms in total. The van der Waals surface area contributed by atoms with E-state index < -0.39 is 0 Å². The van der Waals surface area contributed by atoms with Crippen molar-refractivity contribution >= 4 is 61.5 Å². The number of allylic oxidation sites excluding steroid dienone is 1. The number of fused-ring (bicyclic) bond motifs is 2. The molecule has 9 heteroatoms. The Balaban J connectivity index is 1.40. The minimum absolute atomic E-state index is 0.164. The first kappa shape index (κ1) is 21.9. The Kier molecular flexibility index (Phi) is 5.38. The second kappa shape index (κ2) is 8.58. The summed E-state index contributed by atoms with van der Waals surface area (Å²) in [6, 6.07) is 8.10. The van der Waals surface area contributed by atoms with Gasteiger partial charge >= 0.3 is 0 Å². The van der Waals surface area contributed by atoms with E-state index in [0.29, 0.717) is 17.3 Å². The van der Waals surface area contributed by atoms with Gasteiger partial charge in [-0.2, -0.15) is 0 Å². The fourth-order valence-electron chi connectivity index (χ4n) is 4.75. The molecule has 2 aliphatic rings. The van der Waals surface area contributed by atoms with Crippen LogP contribution in [-0.4, -0.2) is 52.4 Å². The highest BCUT2D eigenvalue weighted by atomic mass is 32.1. The van der Waals surface area contributed by atoms with E-state index in [2.05, 4.69) is 22.4 Å². The molecule has 178 valence electrons. The van der Waals surface area contributed by atoms with Gasteiger partial charge in [0.15, 0.2) is 22.7 Å². The topological polar surface area (TPSA) is 104 Å². The van der Waals surface area contributed by atoms with Crippen LogP contribution in [-0.2, 0) is 0 Å². The fourth-order valence-corrected chi connectivity index (χ4v) is 5.76. The standard InChI is InChI=1S/C26H27N6O2S/c1-31(2)26-30-21-5-3-4-18(24(21)35-26)22-10-19-20(12-28-25(27)23(19)34-22)16-11-29-32(14-16)13-15-6-8-17(33)9-7-15/h3-5,10-15,17,33H,6-9H2,1-2H3,(H2,27,28)/q+1. The maximum atomic E-state index is 9.77. The second-order valence-corrected chi connectivity index (χ2v) is 10.4. The zero-order valence-corrected chi connectivity index (χ0v) is 20.5. The van der Waals surface area contributed by atoms with E-state index in [9.17, 15) is 5.11 Å². The summed E-state index contributed by atoms with van der Waals surface area (Å²) < 4.78 is 9.23. The van der Waals surface area contributed by atoms with Gasteiger partial charge in [-0.1, -0.05) is 22.1 Å². The number of aliphatic hydroxyl groups excluding tert-OH is 1. The highest BCUT2D eigenvalue weighted by Crippen LogP contribution is 2.40. The SMILES string of the molecule is CN(C)c1nc2cccc(-c3cc4c(C5=C[N+](=CC6CCC(O)CC6)N=C5)cnc(N)c4o3)c2s1. The molecule has 0 radical (unpaired) electrons. The fraction of sp³-hybridized carbons (Fsp3) is 0.308. The molecule has 4 heterocycles. The second-order valence-electron chi connectivity index (χ2n) is 9.38. The van der Waals surface area contributed by atoms with Crippen LogP contribution in [0, 0.1) is 5.92 Å². The van der Waals surface area contributed by atoms with Crippen LogP contribution in [0.25, 0.3) is 38.1 Å². The molecule has 0 spiro atoms. The molecule has 4 aromatic rings. The largest absolute Gasteiger partial charge is 0.452 e. The van der Waals surface area contributed by atoms with E-state index in [0.717, 1.165) is 68.9 Å². The summed E-state index contributed by atoms with van der Waals surface area (Å²) in [5.41, 5.74) is 10.6. The minimum atomic E-state index is -0.164. The Bertz CT molecular complexity index is 1520. The smallest absolute Gasteiger partial charge is 0.211 e. The molecule has 1 aromatic carbocycles. The molecule has 0 bridgehead atoms. The first-order chi connectivity index (χ1) is 17.0. The van der Waals surface area contributed by atoms with E-state index in [1.165, 1.54) is 0 Å². The lowest BCUT2D eigenvalue weighted by molar-refractivity contribution is -0.454. The third-order valence-electron chi connectivity index (χ3n) is 6.66. The summed E-state index contributed by atoms with van der Waals surface area (Å²) in [5.74, 6) is 1.52. The van der Waals surface area contributed by atoms with Gasteiger partial charge in [0.05, 0.1) is 21.9 Å². The monoisotopic (exact) mass is 487 g/mol. The summed E-state index contributed by atoms with van der Waals surface area (Å²) in [4.78, 5) is 11.1. The van der Waals surface area contributed by atoms with Crippen LogP contribution in [0.3, 0.4) is 0 Å². The van der Waals surface area contributed by atoms with Gasteiger partial charge in [-0.15, -0.1) is 0 Å². The number of nitrogens with two attached hydrogens (primary N) is 1. The highest BCUT2D eigenvalue weighted by molar-refractivity contribution is 7.22. The lowest BCUT2D eigenvalue weighted by atomic mass is 9.88. The molecule has 0 saturated heterocycles. The Morgan fingerprint density at radius 2 is 2.03 bits per heavy atom. The summed E-state index contributed by atoms with van der Waals surface area (Å²) in [7, 11) is 3.98. The van der Waals surface area contributed by atoms with Crippen molar-refractivity contribution in [2.45, 2.75) is 31.8 Å². The summed E-state index contributed by atoms with van der Waals surface area (Å²) in [6.07, 6.45) is 11.3. The number of anilines is 2. The van der Waals surface area contributed by atoms with Crippen LogP contribution in [0.15, 0.2) is 46.2 Å². The van der Waals surface area contributed by atoms with Crippen molar-refractivity contribution in [2.75, 3.05) is 24.7 Å². The number of furan rings is 1. The predicted molar refractivity (Wildman–Crippen MR) is 142 cm³/mol. The van der Waals surface area contributed by atoms with Crippen LogP contribution in [0.5, 0.6) is 0 Å². The molecule has 6 rings (SSSR count). The van der Waals surface area contributed by atoms with Crippen LogP contribution in [0.2, 0.25) is 0 Å². The van der Waals surface area contributed by atoms with E-state index in [-0.39, 0.29) is 6.10 Å². The zero-order valence-electron chi connectivity index (χ0n) is 19.7. The third kappa shape index (κ3) is 4.00. The van der Waals surface area contributed by atoms with Crippen molar-refractivity contribution in [2.24, 2.45) is 11.0 Å². The number of aromatic nitrogens is 2. The Hall–Kier alpha value is -3.56. The van der Waals surface area contributed by atoms with Gasteiger partial charge in [-0.3, -0.25) is 0 Å². The first-order valence-corrected chi connectivity index (χ1v) is 12.6. The predicted octanol–water partition coefficient (Wildman–Crippen LogP) is 4.73. The summed E-state index contributed by atoms with van der Waals surface area (Å²) >= 11 is 1.64. The Morgan fingerprint density at radius 1 is 1.20 bits per heavy atom. The number of rotatable bonds is 4. The molecule has 1 saturated carbocycles. The number of hydrazone groups is 1. The average Bonchev–Trinajstić information content (AvgIpc) is 3.59. The Morgan fingerprint density at radius 3 is 2.83 bits per heavy atom. The molecule has 0 unspecified atom stereocenters. The quantitative estimate of drug-likeness (QED) is 0.404. The summed E-state index contributed by atoms with van der Waals surface area (Å²) in [6.45, 7) is 0. The number of pyridine rings is 1. The number of hydrogen-bond donors (Lipinski definition) is 2. The van der Waals surface area contributed by atoms with Crippen LogP contribution < -0.4 is 10.6 Å². The Labute approximate surface area is 206 Å². The summed E-state index contributed by atoms with van der Waals surface area (Å²) in [5, 5.41) is 16.2. The molecular weight excluding hydrogens is 460 g/mol. The third-order valence-corrected chi connectivity index (χ3v) is 7.93. The highest BCUT2D eigenvalue weighted by Gasteiger charge is 2.25. The van der Waals surface area contributed by atoms with Crippen LogP contribution in [0.4, 0.5) is 10.9 Å². The normalized spacial score (nSPS) is 21.3. The molecule has 1 aliphatic heterocycles. The molecule has 0 atom stereocenters. The van der Waals surface area contributed by atoms with Gasteiger partial charge in [-0.25, -0.2) is 9.97 Å². The number of nitrogen functional groups attached to an aromatic ring is 1. The number of aliphatic hydroxyl groups is 1. The number of benzene rings is 1. The molecule has 1 aliphatic carbocycles. The van der Waals surface area contributed by atoms with Crippen molar-refractivity contribution in [1.82, 2.24) is 9.97 Å². The number of thiazole rings is 1. The van der Waals surface area contributed by atoms with Crippen molar-refractivity contribution in [3.63, 3.8) is 0 Å². The van der Waals surface area contributed by atoms with Gasteiger partial charge in [0.25, 0.3) is 0 Å². The number of hydrogen-bond acceptors (Lipinski definition) is 8. The van der Waals surface area contributed by atoms with Gasteiger partial charge < -0.3 is 20.2 Å².